The van der Waals surface area contributed by atoms with Crippen molar-refractivity contribution in [2.24, 2.45) is 0 Å². The number of nitrogens with zero attached hydrogens (tertiary/aromatic N) is 2. The van der Waals surface area contributed by atoms with Crippen molar-refractivity contribution in [3.63, 3.8) is 0 Å². The van der Waals surface area contributed by atoms with Crippen molar-refractivity contribution in [3.05, 3.63) is 29.8 Å². The Morgan fingerprint density at radius 3 is 2.57 bits per heavy atom. The molecule has 2 heterocycles. The Morgan fingerprint density at radius 2 is 1.91 bits per heavy atom. The molecule has 2 aliphatic rings. The molecule has 1 aromatic carbocycles. The molecular formula is C16H22N2O4S. The summed E-state index contributed by atoms with van der Waals surface area (Å²) in [5.74, 6) is 0.160. The van der Waals surface area contributed by atoms with E-state index in [1.54, 1.807) is 29.2 Å². The maximum Gasteiger partial charge on any atom is 0.254 e. The molecule has 7 heteroatoms. The molecule has 0 spiro atoms. The lowest BCUT2D eigenvalue weighted by molar-refractivity contribution is -0.0124. The van der Waals surface area contributed by atoms with Gasteiger partial charge in [-0.15, -0.1) is 0 Å². The largest absolute Gasteiger partial charge is 0.375 e. The van der Waals surface area contributed by atoms with Crippen LogP contribution in [0.25, 0.3) is 0 Å². The van der Waals surface area contributed by atoms with Crippen molar-refractivity contribution in [2.45, 2.75) is 25.9 Å². The van der Waals surface area contributed by atoms with E-state index < -0.39 is 10.0 Å². The molecule has 2 saturated heterocycles. The lowest BCUT2D eigenvalue weighted by Gasteiger charge is -2.31. The molecule has 2 fully saturated rings. The first-order valence-corrected chi connectivity index (χ1v) is 9.60. The summed E-state index contributed by atoms with van der Waals surface area (Å²) in [5.41, 5.74) is 1.22. The van der Waals surface area contributed by atoms with E-state index in [0.29, 0.717) is 43.9 Å². The van der Waals surface area contributed by atoms with Gasteiger partial charge in [-0.1, -0.05) is 0 Å². The van der Waals surface area contributed by atoms with Crippen molar-refractivity contribution in [2.75, 3.05) is 36.3 Å². The lowest BCUT2D eigenvalue weighted by atomic mass is 10.1. The topological polar surface area (TPSA) is 66.9 Å². The molecule has 0 bridgehead atoms. The fourth-order valence-corrected chi connectivity index (χ4v) is 4.67. The van der Waals surface area contributed by atoms with E-state index >= 15 is 0 Å². The first-order chi connectivity index (χ1) is 11.0. The van der Waals surface area contributed by atoms with Crippen molar-refractivity contribution in [3.8, 4) is 0 Å². The van der Waals surface area contributed by atoms with Gasteiger partial charge in [0.25, 0.3) is 5.91 Å². The highest BCUT2D eigenvalue weighted by molar-refractivity contribution is 7.92. The van der Waals surface area contributed by atoms with Crippen LogP contribution in [-0.2, 0) is 14.8 Å². The first-order valence-electron chi connectivity index (χ1n) is 7.99. The minimum atomic E-state index is -3.22. The average Bonchev–Trinajstić information content (AvgIpc) is 2.54. The number of benzene rings is 1. The Bertz CT molecular complexity index is 672. The molecule has 126 valence electrons. The zero-order valence-electron chi connectivity index (χ0n) is 13.3. The van der Waals surface area contributed by atoms with E-state index in [-0.39, 0.29) is 17.8 Å². The number of ether oxygens (including phenoxy) is 1. The quantitative estimate of drug-likeness (QED) is 0.819. The molecular weight excluding hydrogens is 316 g/mol. The Kier molecular flexibility index (Phi) is 4.59. The third-order valence-electron chi connectivity index (χ3n) is 4.28. The summed E-state index contributed by atoms with van der Waals surface area (Å²) in [7, 11) is -3.22. The van der Waals surface area contributed by atoms with Gasteiger partial charge in [0.15, 0.2) is 0 Å². The van der Waals surface area contributed by atoms with Crippen LogP contribution in [0.2, 0.25) is 0 Å². The van der Waals surface area contributed by atoms with Gasteiger partial charge in [0.1, 0.15) is 0 Å². The molecule has 0 saturated carbocycles. The average molecular weight is 338 g/mol. The van der Waals surface area contributed by atoms with Crippen LogP contribution in [0, 0.1) is 0 Å². The van der Waals surface area contributed by atoms with Gasteiger partial charge in [-0.25, -0.2) is 8.42 Å². The highest BCUT2D eigenvalue weighted by Gasteiger charge is 2.27. The van der Waals surface area contributed by atoms with Gasteiger partial charge in [-0.3, -0.25) is 9.10 Å². The molecule has 1 aromatic rings. The summed E-state index contributed by atoms with van der Waals surface area (Å²) < 4.78 is 31.1. The van der Waals surface area contributed by atoms with Gasteiger partial charge < -0.3 is 9.64 Å². The fraction of sp³-hybridized carbons (Fsp3) is 0.562. The Hall–Kier alpha value is -1.60. The normalized spacial score (nSPS) is 24.5. The van der Waals surface area contributed by atoms with Gasteiger partial charge in [-0.05, 0) is 44.0 Å². The Balaban J connectivity index is 1.75. The number of hydrogen-bond donors (Lipinski definition) is 0. The van der Waals surface area contributed by atoms with E-state index in [4.69, 9.17) is 4.74 Å². The monoisotopic (exact) mass is 338 g/mol. The molecule has 3 rings (SSSR count). The molecule has 6 nitrogen and oxygen atoms in total. The SMILES string of the molecule is CC1CN(C(=O)c2ccc(N3CCCCS3(=O)=O)cc2)CCO1. The minimum absolute atomic E-state index is 0.0341. The highest BCUT2D eigenvalue weighted by Crippen LogP contribution is 2.24. The van der Waals surface area contributed by atoms with Gasteiger partial charge >= 0.3 is 0 Å². The van der Waals surface area contributed by atoms with Crippen molar-refractivity contribution >= 4 is 21.6 Å². The van der Waals surface area contributed by atoms with E-state index in [1.807, 2.05) is 6.92 Å². The van der Waals surface area contributed by atoms with Gasteiger partial charge in [0.2, 0.25) is 10.0 Å². The second kappa shape index (κ2) is 6.49. The summed E-state index contributed by atoms with van der Waals surface area (Å²) in [6.07, 6.45) is 1.63. The van der Waals surface area contributed by atoms with E-state index in [9.17, 15) is 13.2 Å². The van der Waals surface area contributed by atoms with Crippen molar-refractivity contribution in [1.82, 2.24) is 4.90 Å². The summed E-state index contributed by atoms with van der Waals surface area (Å²) in [4.78, 5) is 14.3. The smallest absolute Gasteiger partial charge is 0.254 e. The molecule has 0 aliphatic carbocycles. The van der Waals surface area contributed by atoms with Crippen LogP contribution in [0.3, 0.4) is 0 Å². The van der Waals surface area contributed by atoms with Crippen LogP contribution in [0.15, 0.2) is 24.3 Å². The maximum atomic E-state index is 12.5. The summed E-state index contributed by atoms with van der Waals surface area (Å²) >= 11 is 0. The van der Waals surface area contributed by atoms with E-state index in [0.717, 1.165) is 6.42 Å². The molecule has 1 amide bonds. The number of sulfonamides is 1. The predicted molar refractivity (Wildman–Crippen MR) is 88.1 cm³/mol. The summed E-state index contributed by atoms with van der Waals surface area (Å²) in [6.45, 7) is 4.18. The Labute approximate surface area is 137 Å². The molecule has 1 unspecified atom stereocenters. The molecule has 1 atom stereocenters. The summed E-state index contributed by atoms with van der Waals surface area (Å²) in [6, 6.07) is 6.86. The molecule has 0 N–H and O–H groups in total. The van der Waals surface area contributed by atoms with Gasteiger partial charge in [0, 0.05) is 25.2 Å². The summed E-state index contributed by atoms with van der Waals surface area (Å²) in [5, 5.41) is 0. The van der Waals surface area contributed by atoms with Crippen LogP contribution in [0.5, 0.6) is 0 Å². The van der Waals surface area contributed by atoms with Crippen molar-refractivity contribution in [1.29, 1.82) is 0 Å². The number of anilines is 1. The highest BCUT2D eigenvalue weighted by atomic mass is 32.2. The van der Waals surface area contributed by atoms with Crippen LogP contribution in [-0.4, -0.2) is 57.3 Å². The third kappa shape index (κ3) is 3.50. The predicted octanol–water partition coefficient (Wildman–Crippen LogP) is 1.48. The Morgan fingerprint density at radius 1 is 1.17 bits per heavy atom. The van der Waals surface area contributed by atoms with Crippen LogP contribution >= 0.6 is 0 Å². The number of carbonyl (C=O) groups is 1. The van der Waals surface area contributed by atoms with Gasteiger partial charge in [0.05, 0.1) is 24.2 Å². The molecule has 2 aliphatic heterocycles. The number of rotatable bonds is 2. The first kappa shape index (κ1) is 16.3. The van der Waals surface area contributed by atoms with Crippen molar-refractivity contribution < 1.29 is 17.9 Å². The number of hydrogen-bond acceptors (Lipinski definition) is 4. The van der Waals surface area contributed by atoms with Crippen LogP contribution < -0.4 is 4.31 Å². The maximum absolute atomic E-state index is 12.5. The zero-order chi connectivity index (χ0) is 16.4. The molecule has 0 aromatic heterocycles. The standard InChI is InChI=1S/C16H22N2O4S/c1-13-12-17(9-10-22-13)16(19)14-4-6-15(7-5-14)18-8-2-3-11-23(18,20)21/h4-7,13H,2-3,8-12H2,1H3. The van der Waals surface area contributed by atoms with E-state index in [1.165, 1.54) is 4.31 Å². The van der Waals surface area contributed by atoms with Crippen LogP contribution in [0.4, 0.5) is 5.69 Å². The van der Waals surface area contributed by atoms with Gasteiger partial charge in [-0.2, -0.15) is 0 Å². The zero-order valence-corrected chi connectivity index (χ0v) is 14.1. The fourth-order valence-electron chi connectivity index (χ4n) is 3.03. The second-order valence-electron chi connectivity index (χ2n) is 6.07. The molecule has 0 radical (unpaired) electrons. The van der Waals surface area contributed by atoms with Crippen LogP contribution in [0.1, 0.15) is 30.1 Å². The molecule has 23 heavy (non-hydrogen) atoms. The lowest BCUT2D eigenvalue weighted by Crippen LogP contribution is -2.44. The minimum Gasteiger partial charge on any atom is -0.375 e. The number of morpholine rings is 1. The number of amides is 1. The van der Waals surface area contributed by atoms with E-state index in [2.05, 4.69) is 0 Å². The third-order valence-corrected chi connectivity index (χ3v) is 6.15. The number of carbonyl (C=O) groups excluding carboxylic acids is 1. The second-order valence-corrected chi connectivity index (χ2v) is 8.09.